The van der Waals surface area contributed by atoms with Gasteiger partial charge in [-0.15, -0.1) is 11.3 Å². The maximum Gasteiger partial charge on any atom is 0.266 e. The van der Waals surface area contributed by atoms with E-state index >= 15 is 0 Å². The Morgan fingerprint density at radius 1 is 1.08 bits per heavy atom. The van der Waals surface area contributed by atoms with E-state index in [1.54, 1.807) is 0 Å². The number of fused-ring (bicyclic) bond motifs is 1. The first kappa shape index (κ1) is 18.7. The van der Waals surface area contributed by atoms with Crippen molar-refractivity contribution in [2.24, 2.45) is 0 Å². The number of benzene rings is 2. The van der Waals surface area contributed by atoms with E-state index in [0.717, 1.165) is 21.3 Å². The number of nitrogens with zero attached hydrogens (tertiary/aromatic N) is 2. The van der Waals surface area contributed by atoms with Gasteiger partial charge in [0, 0.05) is 42.5 Å². The number of halogens is 1. The van der Waals surface area contributed by atoms with Gasteiger partial charge in [0.25, 0.3) is 5.91 Å². The first-order chi connectivity index (χ1) is 12.4. The van der Waals surface area contributed by atoms with E-state index < -0.39 is 0 Å². The number of hydrogen-bond acceptors (Lipinski definition) is 3. The molecule has 26 heavy (non-hydrogen) atoms. The highest BCUT2D eigenvalue weighted by molar-refractivity contribution is 7.21. The van der Waals surface area contributed by atoms with E-state index in [4.69, 9.17) is 11.6 Å². The molecule has 3 aromatic rings. The molecule has 0 aliphatic heterocycles. The number of carbonyl (C=O) groups is 1. The minimum atomic E-state index is -0.0112. The van der Waals surface area contributed by atoms with Gasteiger partial charge in [-0.05, 0) is 37.6 Å². The summed E-state index contributed by atoms with van der Waals surface area (Å²) in [5.74, 6) is -0.0112. The normalized spacial score (nSPS) is 11.2. The molecule has 0 aliphatic carbocycles. The van der Waals surface area contributed by atoms with Crippen LogP contribution in [0.15, 0.2) is 48.5 Å². The Labute approximate surface area is 163 Å². The van der Waals surface area contributed by atoms with Gasteiger partial charge >= 0.3 is 0 Å². The second kappa shape index (κ2) is 7.68. The second-order valence-corrected chi connectivity index (χ2v) is 8.26. The van der Waals surface area contributed by atoms with Crippen LogP contribution in [0.1, 0.15) is 29.1 Å². The van der Waals surface area contributed by atoms with E-state index in [1.807, 2.05) is 57.1 Å². The topological polar surface area (TPSA) is 23.6 Å². The van der Waals surface area contributed by atoms with E-state index in [-0.39, 0.29) is 11.9 Å². The third-order valence-electron chi connectivity index (χ3n) is 4.42. The molecule has 0 saturated carbocycles. The monoisotopic (exact) mass is 386 g/mol. The molecule has 0 radical (unpaired) electrons. The molecule has 2 aromatic carbocycles. The SMILES string of the molecule is CC(C)N(Cc1ccc(N(C)C)cc1)C(=O)c1sc2ccccc2c1Cl. The molecule has 0 spiro atoms. The molecule has 136 valence electrons. The molecule has 0 aliphatic rings. The summed E-state index contributed by atoms with van der Waals surface area (Å²) in [6.45, 7) is 4.63. The lowest BCUT2D eigenvalue weighted by Gasteiger charge is -2.27. The highest BCUT2D eigenvalue weighted by Gasteiger charge is 2.24. The number of carbonyl (C=O) groups excluding carboxylic acids is 1. The molecule has 0 atom stereocenters. The molecule has 3 rings (SSSR count). The zero-order valence-corrected chi connectivity index (χ0v) is 17.1. The lowest BCUT2D eigenvalue weighted by Crippen LogP contribution is -2.36. The van der Waals surface area contributed by atoms with Gasteiger partial charge in [-0.25, -0.2) is 0 Å². The highest BCUT2D eigenvalue weighted by Crippen LogP contribution is 2.36. The Kier molecular flexibility index (Phi) is 5.54. The smallest absolute Gasteiger partial charge is 0.266 e. The van der Waals surface area contributed by atoms with Crippen molar-refractivity contribution in [3.8, 4) is 0 Å². The molecule has 0 fully saturated rings. The predicted molar refractivity (Wildman–Crippen MR) is 113 cm³/mol. The third kappa shape index (κ3) is 3.71. The maximum absolute atomic E-state index is 13.2. The van der Waals surface area contributed by atoms with Crippen LogP contribution in [0.5, 0.6) is 0 Å². The van der Waals surface area contributed by atoms with Crippen molar-refractivity contribution in [3.63, 3.8) is 0 Å². The van der Waals surface area contributed by atoms with Crippen LogP contribution < -0.4 is 4.90 Å². The van der Waals surface area contributed by atoms with E-state index in [0.29, 0.717) is 16.4 Å². The zero-order valence-electron chi connectivity index (χ0n) is 15.5. The Morgan fingerprint density at radius 3 is 2.31 bits per heavy atom. The Balaban J connectivity index is 1.89. The Hall–Kier alpha value is -2.04. The van der Waals surface area contributed by atoms with Crippen molar-refractivity contribution >= 4 is 44.6 Å². The minimum absolute atomic E-state index is 0.0112. The average molecular weight is 387 g/mol. The van der Waals surface area contributed by atoms with Gasteiger partial charge in [0.15, 0.2) is 0 Å². The molecule has 5 heteroatoms. The molecule has 0 N–H and O–H groups in total. The van der Waals surface area contributed by atoms with Crippen molar-refractivity contribution < 1.29 is 4.79 Å². The molecule has 0 bridgehead atoms. The zero-order chi connectivity index (χ0) is 18.8. The van der Waals surface area contributed by atoms with Crippen LogP contribution in [0.25, 0.3) is 10.1 Å². The average Bonchev–Trinajstić information content (AvgIpc) is 2.96. The fourth-order valence-electron chi connectivity index (χ4n) is 2.87. The summed E-state index contributed by atoms with van der Waals surface area (Å²) in [7, 11) is 4.03. The molecule has 3 nitrogen and oxygen atoms in total. The van der Waals surface area contributed by atoms with E-state index in [2.05, 4.69) is 29.2 Å². The van der Waals surface area contributed by atoms with E-state index in [1.165, 1.54) is 11.3 Å². The first-order valence-electron chi connectivity index (χ1n) is 8.62. The molecular weight excluding hydrogens is 364 g/mol. The lowest BCUT2D eigenvalue weighted by molar-refractivity contribution is 0.0695. The Bertz CT molecular complexity index is 915. The highest BCUT2D eigenvalue weighted by atomic mass is 35.5. The standard InChI is InChI=1S/C21H23ClN2OS/c1-14(2)24(13-15-9-11-16(12-10-15)23(3)4)21(25)20-19(22)17-7-5-6-8-18(17)26-20/h5-12,14H,13H2,1-4H3. The second-order valence-electron chi connectivity index (χ2n) is 6.83. The van der Waals surface area contributed by atoms with Gasteiger partial charge < -0.3 is 9.80 Å². The van der Waals surface area contributed by atoms with Crippen LogP contribution in [0.3, 0.4) is 0 Å². The summed E-state index contributed by atoms with van der Waals surface area (Å²) in [4.78, 5) is 17.8. The summed E-state index contributed by atoms with van der Waals surface area (Å²) < 4.78 is 1.04. The predicted octanol–water partition coefficient (Wildman–Crippen LogP) is 5.67. The van der Waals surface area contributed by atoms with Crippen LogP contribution in [0.2, 0.25) is 5.02 Å². The van der Waals surface area contributed by atoms with Gasteiger partial charge in [0.1, 0.15) is 4.88 Å². The fraction of sp³-hybridized carbons (Fsp3) is 0.286. The van der Waals surface area contributed by atoms with Crippen molar-refractivity contribution in [1.82, 2.24) is 4.90 Å². The van der Waals surface area contributed by atoms with Crippen LogP contribution in [-0.2, 0) is 6.54 Å². The molecule has 1 heterocycles. The summed E-state index contributed by atoms with van der Waals surface area (Å²) in [5, 5.41) is 1.51. The van der Waals surface area contributed by atoms with Crippen molar-refractivity contribution in [1.29, 1.82) is 0 Å². The Morgan fingerprint density at radius 2 is 1.73 bits per heavy atom. The van der Waals surface area contributed by atoms with Crippen LogP contribution in [0.4, 0.5) is 5.69 Å². The van der Waals surface area contributed by atoms with Crippen molar-refractivity contribution in [2.45, 2.75) is 26.4 Å². The van der Waals surface area contributed by atoms with E-state index in [9.17, 15) is 4.79 Å². The van der Waals surface area contributed by atoms with Crippen LogP contribution >= 0.6 is 22.9 Å². The van der Waals surface area contributed by atoms with Gasteiger partial charge in [-0.1, -0.05) is 41.9 Å². The number of amides is 1. The minimum Gasteiger partial charge on any atom is -0.378 e. The quantitative estimate of drug-likeness (QED) is 0.563. The molecule has 0 unspecified atom stereocenters. The molecular formula is C21H23ClN2OS. The van der Waals surface area contributed by atoms with Crippen molar-refractivity contribution in [3.05, 3.63) is 64.0 Å². The van der Waals surface area contributed by atoms with Gasteiger partial charge in [0.05, 0.1) is 5.02 Å². The number of thiophene rings is 1. The van der Waals surface area contributed by atoms with Crippen LogP contribution in [-0.4, -0.2) is 30.9 Å². The fourth-order valence-corrected chi connectivity index (χ4v) is 4.34. The number of anilines is 1. The summed E-state index contributed by atoms with van der Waals surface area (Å²) >= 11 is 7.98. The van der Waals surface area contributed by atoms with Gasteiger partial charge in [-0.2, -0.15) is 0 Å². The molecule has 1 amide bonds. The molecule has 0 saturated heterocycles. The van der Waals surface area contributed by atoms with Gasteiger partial charge in [0.2, 0.25) is 0 Å². The third-order valence-corrected chi connectivity index (χ3v) is 6.08. The largest absolute Gasteiger partial charge is 0.378 e. The summed E-state index contributed by atoms with van der Waals surface area (Å²) in [5.41, 5.74) is 2.25. The number of hydrogen-bond donors (Lipinski definition) is 0. The van der Waals surface area contributed by atoms with Crippen molar-refractivity contribution in [2.75, 3.05) is 19.0 Å². The lowest BCUT2D eigenvalue weighted by atomic mass is 10.1. The van der Waals surface area contributed by atoms with Gasteiger partial charge in [-0.3, -0.25) is 4.79 Å². The first-order valence-corrected chi connectivity index (χ1v) is 9.82. The molecule has 1 aromatic heterocycles. The van der Waals surface area contributed by atoms with Crippen LogP contribution in [0, 0.1) is 0 Å². The summed E-state index contributed by atoms with van der Waals surface area (Å²) in [6.07, 6.45) is 0. The maximum atomic E-state index is 13.2. The summed E-state index contributed by atoms with van der Waals surface area (Å²) in [6, 6.07) is 16.3. The number of rotatable bonds is 5.